The third-order valence-corrected chi connectivity index (χ3v) is 3.68. The number of halogens is 1. The maximum absolute atomic E-state index is 11.2. The number of rotatable bonds is 3. The van der Waals surface area contributed by atoms with Crippen LogP contribution in [0.15, 0.2) is 33.0 Å². The van der Waals surface area contributed by atoms with Gasteiger partial charge in [0.1, 0.15) is 6.29 Å². The standard InChI is InChI=1S/C10H8ClN3O2S/c1-14-9(16)12-13-10(14)17-8-3-2-6(5-15)4-7(8)11/h2-5H,1H3,(H,12,16). The first-order chi connectivity index (χ1) is 8.11. The van der Waals surface area contributed by atoms with Gasteiger partial charge in [0.25, 0.3) is 0 Å². The van der Waals surface area contributed by atoms with Crippen molar-refractivity contribution in [2.45, 2.75) is 10.1 Å². The zero-order valence-corrected chi connectivity index (χ0v) is 10.4. The summed E-state index contributed by atoms with van der Waals surface area (Å²) in [6, 6.07) is 4.95. The van der Waals surface area contributed by atoms with E-state index in [4.69, 9.17) is 11.6 Å². The molecule has 0 radical (unpaired) electrons. The minimum atomic E-state index is -0.284. The summed E-state index contributed by atoms with van der Waals surface area (Å²) in [6.07, 6.45) is 0.727. The molecule has 17 heavy (non-hydrogen) atoms. The first kappa shape index (κ1) is 11.9. The summed E-state index contributed by atoms with van der Waals surface area (Å²) in [6.45, 7) is 0. The van der Waals surface area contributed by atoms with E-state index in [1.54, 1.807) is 25.2 Å². The lowest BCUT2D eigenvalue weighted by atomic mass is 10.2. The van der Waals surface area contributed by atoms with E-state index in [9.17, 15) is 9.59 Å². The molecule has 0 bridgehead atoms. The van der Waals surface area contributed by atoms with Crippen LogP contribution in [-0.2, 0) is 7.05 Å². The number of H-pyrrole nitrogens is 1. The van der Waals surface area contributed by atoms with Crippen molar-refractivity contribution < 1.29 is 4.79 Å². The van der Waals surface area contributed by atoms with Gasteiger partial charge in [-0.05, 0) is 23.9 Å². The Morgan fingerprint density at radius 2 is 2.29 bits per heavy atom. The molecule has 0 unspecified atom stereocenters. The molecule has 2 aromatic rings. The molecule has 2 rings (SSSR count). The van der Waals surface area contributed by atoms with E-state index < -0.39 is 0 Å². The van der Waals surface area contributed by atoms with Crippen LogP contribution in [0.2, 0.25) is 5.02 Å². The average Bonchev–Trinajstić information content (AvgIpc) is 2.63. The number of aldehydes is 1. The number of benzene rings is 1. The third-order valence-electron chi connectivity index (χ3n) is 2.13. The molecule has 0 saturated carbocycles. The highest BCUT2D eigenvalue weighted by Crippen LogP contribution is 2.31. The van der Waals surface area contributed by atoms with Gasteiger partial charge < -0.3 is 0 Å². The van der Waals surface area contributed by atoms with Gasteiger partial charge in [0, 0.05) is 17.5 Å². The Hall–Kier alpha value is -1.53. The largest absolute Gasteiger partial charge is 0.343 e. The summed E-state index contributed by atoms with van der Waals surface area (Å²) in [5.41, 5.74) is 0.225. The Morgan fingerprint density at radius 1 is 1.53 bits per heavy atom. The highest BCUT2D eigenvalue weighted by atomic mass is 35.5. The van der Waals surface area contributed by atoms with Crippen LogP contribution in [0.25, 0.3) is 0 Å². The number of carbonyl (C=O) groups excluding carboxylic acids is 1. The molecular formula is C10H8ClN3O2S. The second kappa shape index (κ2) is 4.77. The van der Waals surface area contributed by atoms with E-state index in [1.165, 1.54) is 16.3 Å². The summed E-state index contributed by atoms with van der Waals surface area (Å²) in [5.74, 6) is 0. The summed E-state index contributed by atoms with van der Waals surface area (Å²) < 4.78 is 1.38. The molecule has 7 heteroatoms. The van der Waals surface area contributed by atoms with Gasteiger partial charge in [-0.15, -0.1) is 5.10 Å². The molecule has 5 nitrogen and oxygen atoms in total. The second-order valence-corrected chi connectivity index (χ2v) is 4.70. The maximum Gasteiger partial charge on any atom is 0.343 e. The van der Waals surface area contributed by atoms with Crippen LogP contribution in [0.5, 0.6) is 0 Å². The van der Waals surface area contributed by atoms with Crippen LogP contribution in [0, 0.1) is 0 Å². The van der Waals surface area contributed by atoms with Crippen LogP contribution >= 0.6 is 23.4 Å². The molecule has 1 aromatic carbocycles. The monoisotopic (exact) mass is 269 g/mol. The van der Waals surface area contributed by atoms with Crippen molar-refractivity contribution in [3.05, 3.63) is 39.3 Å². The van der Waals surface area contributed by atoms with E-state index in [1.807, 2.05) is 0 Å². The van der Waals surface area contributed by atoms with Gasteiger partial charge in [0.2, 0.25) is 0 Å². The Balaban J connectivity index is 2.33. The van der Waals surface area contributed by atoms with Crippen molar-refractivity contribution in [2.75, 3.05) is 0 Å². The van der Waals surface area contributed by atoms with Crippen LogP contribution in [0.4, 0.5) is 0 Å². The third kappa shape index (κ3) is 2.42. The molecule has 1 aromatic heterocycles. The van der Waals surface area contributed by atoms with Gasteiger partial charge in [0.05, 0.1) is 5.02 Å². The van der Waals surface area contributed by atoms with E-state index in [2.05, 4.69) is 10.2 Å². The Kier molecular flexibility index (Phi) is 3.35. The first-order valence-electron chi connectivity index (χ1n) is 4.66. The molecule has 0 fully saturated rings. The summed E-state index contributed by atoms with van der Waals surface area (Å²) in [4.78, 5) is 22.5. The van der Waals surface area contributed by atoms with Crippen molar-refractivity contribution in [1.29, 1.82) is 0 Å². The van der Waals surface area contributed by atoms with E-state index >= 15 is 0 Å². The predicted octanol–water partition coefficient (Wildman–Crippen LogP) is 1.73. The smallest absolute Gasteiger partial charge is 0.298 e. The molecule has 0 aliphatic rings. The van der Waals surface area contributed by atoms with Gasteiger partial charge in [0.15, 0.2) is 5.16 Å². The highest BCUT2D eigenvalue weighted by molar-refractivity contribution is 7.99. The van der Waals surface area contributed by atoms with Gasteiger partial charge >= 0.3 is 5.69 Å². The molecule has 1 N–H and O–H groups in total. The van der Waals surface area contributed by atoms with Crippen molar-refractivity contribution in [3.63, 3.8) is 0 Å². The van der Waals surface area contributed by atoms with Gasteiger partial charge in [-0.2, -0.15) is 0 Å². The zero-order chi connectivity index (χ0) is 12.4. The zero-order valence-electron chi connectivity index (χ0n) is 8.81. The number of hydrogen-bond donors (Lipinski definition) is 1. The predicted molar refractivity (Wildman–Crippen MR) is 64.8 cm³/mol. The fraction of sp³-hybridized carbons (Fsp3) is 0.100. The number of aromatic nitrogens is 3. The molecule has 88 valence electrons. The quantitative estimate of drug-likeness (QED) is 0.862. The molecule has 0 saturated heterocycles. The number of nitrogens with one attached hydrogen (secondary N) is 1. The Bertz CT molecular complexity index is 620. The van der Waals surface area contributed by atoms with Crippen molar-refractivity contribution in [2.24, 2.45) is 7.05 Å². The van der Waals surface area contributed by atoms with Gasteiger partial charge in [-0.1, -0.05) is 17.7 Å². The Morgan fingerprint density at radius 3 is 2.82 bits per heavy atom. The maximum atomic E-state index is 11.2. The summed E-state index contributed by atoms with van der Waals surface area (Å²) >= 11 is 7.27. The summed E-state index contributed by atoms with van der Waals surface area (Å²) in [7, 11) is 1.61. The van der Waals surface area contributed by atoms with E-state index in [0.29, 0.717) is 15.7 Å². The topological polar surface area (TPSA) is 67.8 Å². The number of nitrogens with zero attached hydrogens (tertiary/aromatic N) is 2. The van der Waals surface area contributed by atoms with E-state index in [-0.39, 0.29) is 5.69 Å². The van der Waals surface area contributed by atoms with Crippen LogP contribution in [0.3, 0.4) is 0 Å². The molecular weight excluding hydrogens is 262 g/mol. The SMILES string of the molecule is Cn1c(Sc2ccc(C=O)cc2Cl)n[nH]c1=O. The van der Waals surface area contributed by atoms with E-state index in [0.717, 1.165) is 11.2 Å². The number of hydrogen-bond acceptors (Lipinski definition) is 4. The van der Waals surface area contributed by atoms with Crippen molar-refractivity contribution in [3.8, 4) is 0 Å². The molecule has 0 amide bonds. The number of aromatic amines is 1. The van der Waals surface area contributed by atoms with Crippen molar-refractivity contribution in [1.82, 2.24) is 14.8 Å². The second-order valence-electron chi connectivity index (χ2n) is 3.28. The minimum Gasteiger partial charge on any atom is -0.298 e. The first-order valence-corrected chi connectivity index (χ1v) is 5.85. The molecule has 0 aliphatic carbocycles. The van der Waals surface area contributed by atoms with Crippen LogP contribution in [-0.4, -0.2) is 21.1 Å². The molecule has 0 spiro atoms. The lowest BCUT2D eigenvalue weighted by Crippen LogP contribution is -2.12. The lowest BCUT2D eigenvalue weighted by molar-refractivity contribution is 0.112. The fourth-order valence-corrected chi connectivity index (χ4v) is 2.30. The van der Waals surface area contributed by atoms with Crippen molar-refractivity contribution >= 4 is 29.6 Å². The molecule has 0 atom stereocenters. The molecule has 0 aliphatic heterocycles. The lowest BCUT2D eigenvalue weighted by Gasteiger charge is -2.03. The fourth-order valence-electron chi connectivity index (χ4n) is 1.20. The number of carbonyl (C=O) groups is 1. The van der Waals surface area contributed by atoms with Crippen LogP contribution in [0.1, 0.15) is 10.4 Å². The van der Waals surface area contributed by atoms with Crippen LogP contribution < -0.4 is 5.69 Å². The highest BCUT2D eigenvalue weighted by Gasteiger charge is 2.09. The minimum absolute atomic E-state index is 0.284. The Labute approximate surface area is 106 Å². The molecule has 1 heterocycles. The average molecular weight is 270 g/mol. The normalized spacial score (nSPS) is 10.5. The summed E-state index contributed by atoms with van der Waals surface area (Å²) in [5, 5.41) is 7.15. The van der Waals surface area contributed by atoms with Gasteiger partial charge in [-0.3, -0.25) is 9.36 Å². The van der Waals surface area contributed by atoms with Gasteiger partial charge in [-0.25, -0.2) is 9.89 Å².